The molecule has 0 bridgehead atoms. The number of hydrogen-bond acceptors (Lipinski definition) is 4. The summed E-state index contributed by atoms with van der Waals surface area (Å²) in [5.74, 6) is -1.77. The van der Waals surface area contributed by atoms with Gasteiger partial charge in [-0.15, -0.1) is 11.8 Å². The molecule has 1 heterocycles. The summed E-state index contributed by atoms with van der Waals surface area (Å²) in [7, 11) is 0. The Morgan fingerprint density at radius 2 is 1.80 bits per heavy atom. The van der Waals surface area contributed by atoms with Crippen molar-refractivity contribution in [3.8, 4) is 0 Å². The van der Waals surface area contributed by atoms with Gasteiger partial charge in [0.25, 0.3) is 0 Å². The van der Waals surface area contributed by atoms with Crippen molar-refractivity contribution in [1.29, 1.82) is 0 Å². The normalized spacial score (nSPS) is 19.8. The van der Waals surface area contributed by atoms with Crippen LogP contribution in [0.15, 0.2) is 48.5 Å². The fraction of sp³-hybridized carbons (Fsp3) is 0.222. The van der Waals surface area contributed by atoms with Gasteiger partial charge < -0.3 is 14.8 Å². The molecule has 2 unspecified atom stereocenters. The summed E-state index contributed by atoms with van der Waals surface area (Å²) in [6.07, 6.45) is 0.0548. The fourth-order valence-corrected chi connectivity index (χ4v) is 4.31. The summed E-state index contributed by atoms with van der Waals surface area (Å²) >= 11 is 7.17. The molecule has 130 valence electrons. The van der Waals surface area contributed by atoms with E-state index >= 15 is 0 Å². The quantitative estimate of drug-likeness (QED) is 0.819. The van der Waals surface area contributed by atoms with Crippen LogP contribution in [-0.2, 0) is 16.0 Å². The highest BCUT2D eigenvalue weighted by Crippen LogP contribution is 2.41. The molecule has 0 aromatic heterocycles. The van der Waals surface area contributed by atoms with Crippen molar-refractivity contribution in [2.24, 2.45) is 0 Å². The number of thioether (sulfide) groups is 1. The number of benzene rings is 2. The Balaban J connectivity index is 1.86. The number of halogens is 2. The van der Waals surface area contributed by atoms with E-state index in [1.54, 1.807) is 36.4 Å². The Hall–Kier alpha value is -2.05. The second-order valence-corrected chi connectivity index (χ2v) is 7.23. The molecule has 2 atom stereocenters. The van der Waals surface area contributed by atoms with Crippen molar-refractivity contribution in [1.82, 2.24) is 4.90 Å². The van der Waals surface area contributed by atoms with E-state index in [4.69, 9.17) is 11.6 Å². The van der Waals surface area contributed by atoms with E-state index in [9.17, 15) is 19.1 Å². The van der Waals surface area contributed by atoms with Gasteiger partial charge in [-0.3, -0.25) is 4.79 Å². The van der Waals surface area contributed by atoms with Crippen molar-refractivity contribution in [2.45, 2.75) is 17.8 Å². The lowest BCUT2D eigenvalue weighted by Gasteiger charge is -2.30. The summed E-state index contributed by atoms with van der Waals surface area (Å²) in [5, 5.41) is 11.5. The number of nitrogens with zero attached hydrogens (tertiary/aromatic N) is 1. The maximum absolute atomic E-state index is 13.2. The summed E-state index contributed by atoms with van der Waals surface area (Å²) < 4.78 is 13.2. The lowest BCUT2D eigenvalue weighted by Crippen LogP contribution is -2.49. The minimum atomic E-state index is -1.29. The summed E-state index contributed by atoms with van der Waals surface area (Å²) in [6.45, 7) is 0. The molecule has 3 rings (SSSR count). The standard InChI is InChI=1S/C18H15ClFNO3S/c19-13-5-1-11(2-6-13)9-16(22)21-15(18(23)24)10-25-17(21)12-3-7-14(20)8-4-12/h1-8,15,17H,9-10H2,(H,23,24)/p-1. The highest BCUT2D eigenvalue weighted by molar-refractivity contribution is 7.99. The fourth-order valence-electron chi connectivity index (χ4n) is 2.74. The number of aliphatic carboxylic acids is 1. The maximum atomic E-state index is 13.2. The molecule has 1 aliphatic rings. The summed E-state index contributed by atoms with van der Waals surface area (Å²) in [5.41, 5.74) is 1.42. The van der Waals surface area contributed by atoms with E-state index in [2.05, 4.69) is 0 Å². The van der Waals surface area contributed by atoms with Crippen molar-refractivity contribution in [2.75, 3.05) is 5.75 Å². The van der Waals surface area contributed by atoms with Gasteiger partial charge in [0.1, 0.15) is 11.2 Å². The minimum Gasteiger partial charge on any atom is -0.548 e. The van der Waals surface area contributed by atoms with Crippen LogP contribution in [0.5, 0.6) is 0 Å². The Morgan fingerprint density at radius 3 is 2.40 bits per heavy atom. The van der Waals surface area contributed by atoms with Gasteiger partial charge in [0.15, 0.2) is 0 Å². The molecule has 0 N–H and O–H groups in total. The molecule has 2 aromatic carbocycles. The van der Waals surface area contributed by atoms with Gasteiger partial charge in [-0.2, -0.15) is 0 Å². The average Bonchev–Trinajstić information content (AvgIpc) is 3.03. The van der Waals surface area contributed by atoms with Crippen LogP contribution in [0.25, 0.3) is 0 Å². The smallest absolute Gasteiger partial charge is 0.228 e. The van der Waals surface area contributed by atoms with E-state index in [1.807, 2.05) is 0 Å². The highest BCUT2D eigenvalue weighted by atomic mass is 35.5. The van der Waals surface area contributed by atoms with E-state index in [1.165, 1.54) is 28.8 Å². The molecule has 0 aliphatic carbocycles. The van der Waals surface area contributed by atoms with Crippen molar-refractivity contribution >= 4 is 35.2 Å². The molecule has 25 heavy (non-hydrogen) atoms. The zero-order valence-electron chi connectivity index (χ0n) is 13.0. The molecule has 7 heteroatoms. The molecule has 1 aliphatic heterocycles. The molecule has 0 radical (unpaired) electrons. The average molecular weight is 379 g/mol. The first-order valence-corrected chi connectivity index (χ1v) is 9.02. The first-order chi connectivity index (χ1) is 12.0. The van der Waals surface area contributed by atoms with Crippen molar-refractivity contribution < 1.29 is 19.1 Å². The SMILES string of the molecule is O=C([O-])C1CSC(c2ccc(F)cc2)N1C(=O)Cc1ccc(Cl)cc1. The number of carboxylic acid groups (broad SMARTS) is 1. The summed E-state index contributed by atoms with van der Waals surface area (Å²) in [4.78, 5) is 25.5. The number of rotatable bonds is 4. The third kappa shape index (κ3) is 3.96. The number of carboxylic acids is 1. The molecule has 1 fully saturated rings. The van der Waals surface area contributed by atoms with Crippen molar-refractivity contribution in [3.05, 3.63) is 70.5 Å². The van der Waals surface area contributed by atoms with E-state index in [0.717, 1.165) is 5.56 Å². The van der Waals surface area contributed by atoms with Gasteiger partial charge in [0.2, 0.25) is 5.91 Å². The maximum Gasteiger partial charge on any atom is 0.228 e. The van der Waals surface area contributed by atoms with Gasteiger partial charge in [-0.25, -0.2) is 4.39 Å². The van der Waals surface area contributed by atoms with Gasteiger partial charge >= 0.3 is 0 Å². The molecule has 4 nitrogen and oxygen atoms in total. The van der Waals surface area contributed by atoms with E-state index < -0.39 is 17.4 Å². The zero-order valence-corrected chi connectivity index (χ0v) is 14.6. The van der Waals surface area contributed by atoms with Crippen LogP contribution in [0.4, 0.5) is 4.39 Å². The second-order valence-electron chi connectivity index (χ2n) is 5.68. The molecular weight excluding hydrogens is 365 g/mol. The first-order valence-electron chi connectivity index (χ1n) is 7.59. The largest absolute Gasteiger partial charge is 0.548 e. The molecule has 1 amide bonds. The van der Waals surface area contributed by atoms with Gasteiger partial charge in [-0.1, -0.05) is 35.9 Å². The lowest BCUT2D eigenvalue weighted by atomic mass is 10.1. The number of amides is 1. The third-order valence-corrected chi connectivity index (χ3v) is 5.56. The van der Waals surface area contributed by atoms with E-state index in [-0.39, 0.29) is 23.9 Å². The zero-order chi connectivity index (χ0) is 18.0. The molecule has 0 spiro atoms. The number of carbonyl (C=O) groups excluding carboxylic acids is 2. The van der Waals surface area contributed by atoms with Crippen LogP contribution in [0, 0.1) is 5.82 Å². The van der Waals surface area contributed by atoms with Gasteiger partial charge in [0, 0.05) is 10.8 Å². The Bertz CT molecular complexity index is 782. The predicted octanol–water partition coefficient (Wildman–Crippen LogP) is 2.41. The molecule has 2 aromatic rings. The Labute approximate surface area is 153 Å². The monoisotopic (exact) mass is 378 g/mol. The minimum absolute atomic E-state index is 0.0548. The Kier molecular flexibility index (Phi) is 5.30. The Morgan fingerprint density at radius 1 is 1.16 bits per heavy atom. The van der Waals surface area contributed by atoms with Crippen LogP contribution in [0.3, 0.4) is 0 Å². The third-order valence-electron chi connectivity index (χ3n) is 3.98. The topological polar surface area (TPSA) is 60.4 Å². The first kappa shape index (κ1) is 17.8. The van der Waals surface area contributed by atoms with Crippen LogP contribution in [-0.4, -0.2) is 28.6 Å². The molecule has 1 saturated heterocycles. The van der Waals surface area contributed by atoms with Crippen LogP contribution in [0.2, 0.25) is 5.02 Å². The van der Waals surface area contributed by atoms with Crippen molar-refractivity contribution in [3.63, 3.8) is 0 Å². The molecule has 0 saturated carbocycles. The van der Waals surface area contributed by atoms with E-state index in [0.29, 0.717) is 10.6 Å². The van der Waals surface area contributed by atoms with Crippen LogP contribution >= 0.6 is 23.4 Å². The second kappa shape index (κ2) is 7.45. The summed E-state index contributed by atoms with van der Waals surface area (Å²) in [6, 6.07) is 11.5. The van der Waals surface area contributed by atoms with Gasteiger partial charge in [-0.05, 0) is 35.4 Å². The number of carbonyl (C=O) groups is 2. The van der Waals surface area contributed by atoms with Crippen LogP contribution in [0.1, 0.15) is 16.5 Å². The molecular formula is C18H14ClFNO3S-. The highest BCUT2D eigenvalue weighted by Gasteiger charge is 2.38. The van der Waals surface area contributed by atoms with Crippen LogP contribution < -0.4 is 5.11 Å². The van der Waals surface area contributed by atoms with Gasteiger partial charge in [0.05, 0.1) is 18.4 Å². The lowest BCUT2D eigenvalue weighted by molar-refractivity contribution is -0.310. The predicted molar refractivity (Wildman–Crippen MR) is 92.4 cm³/mol. The number of hydrogen-bond donors (Lipinski definition) is 0.